The van der Waals surface area contributed by atoms with Crippen LogP contribution in [-0.2, 0) is 19.4 Å². The molecule has 2 aliphatic heterocycles. The molecule has 0 aromatic rings. The summed E-state index contributed by atoms with van der Waals surface area (Å²) >= 11 is 0. The van der Waals surface area contributed by atoms with E-state index in [1.54, 1.807) is 0 Å². The first-order chi connectivity index (χ1) is 8.98. The maximum absolute atomic E-state index is 12.5. The smallest absolute Gasteiger partial charge is 0.234 e. The average molecular weight is 281 g/mol. The average Bonchev–Trinajstić information content (AvgIpc) is 3.04. The minimum atomic E-state index is -3.08. The fourth-order valence-corrected chi connectivity index (χ4v) is 5.96. The molecular weight excluding hydrogens is 266 g/mol. The van der Waals surface area contributed by atoms with Gasteiger partial charge in [0, 0.05) is 0 Å². The van der Waals surface area contributed by atoms with Crippen LogP contribution in [0.3, 0.4) is 0 Å². The highest BCUT2D eigenvalue weighted by Crippen LogP contribution is 2.53. The number of carbonyl (C=O) groups excluding carboxylic acids is 2. The van der Waals surface area contributed by atoms with Crippen LogP contribution in [-0.4, -0.2) is 42.7 Å². The fourth-order valence-electron chi connectivity index (χ4n) is 4.26. The van der Waals surface area contributed by atoms with Crippen molar-refractivity contribution in [2.24, 2.45) is 23.7 Å². The van der Waals surface area contributed by atoms with Crippen LogP contribution in [0.5, 0.6) is 0 Å². The van der Waals surface area contributed by atoms with Crippen LogP contribution in [0.4, 0.5) is 0 Å². The molecular formula is C13H15NO4S. The monoisotopic (exact) mass is 281 g/mol. The number of amides is 2. The third kappa shape index (κ3) is 1.43. The Balaban J connectivity index is 1.66. The van der Waals surface area contributed by atoms with Gasteiger partial charge in [0.1, 0.15) is 0 Å². The lowest BCUT2D eigenvalue weighted by Gasteiger charge is -2.22. The van der Waals surface area contributed by atoms with Gasteiger partial charge in [0.2, 0.25) is 11.8 Å². The molecule has 102 valence electrons. The minimum absolute atomic E-state index is 0.0489. The number of hydrogen-bond donors (Lipinski definition) is 0. The Labute approximate surface area is 111 Å². The fraction of sp³-hybridized carbons (Fsp3) is 0.692. The van der Waals surface area contributed by atoms with Crippen LogP contribution >= 0.6 is 0 Å². The van der Waals surface area contributed by atoms with Crippen LogP contribution in [0.1, 0.15) is 12.8 Å². The van der Waals surface area contributed by atoms with Gasteiger partial charge in [-0.15, -0.1) is 0 Å². The van der Waals surface area contributed by atoms with E-state index in [2.05, 4.69) is 0 Å². The molecule has 4 rings (SSSR count). The molecule has 6 heteroatoms. The van der Waals surface area contributed by atoms with Gasteiger partial charge in [0.15, 0.2) is 9.84 Å². The first-order valence-corrected chi connectivity index (χ1v) is 8.56. The van der Waals surface area contributed by atoms with Crippen molar-refractivity contribution in [2.45, 2.75) is 18.9 Å². The second kappa shape index (κ2) is 3.48. The number of allylic oxidation sites excluding steroid dienone is 2. The summed E-state index contributed by atoms with van der Waals surface area (Å²) in [5, 5.41) is 0. The maximum atomic E-state index is 12.5. The van der Waals surface area contributed by atoms with Gasteiger partial charge in [-0.25, -0.2) is 8.42 Å². The molecule has 1 saturated carbocycles. The Hall–Kier alpha value is -1.17. The molecule has 5 atom stereocenters. The Morgan fingerprint density at radius 3 is 2.11 bits per heavy atom. The third-order valence-corrected chi connectivity index (χ3v) is 6.83. The van der Waals surface area contributed by atoms with E-state index in [4.69, 9.17) is 0 Å². The maximum Gasteiger partial charge on any atom is 0.234 e. The number of nitrogens with zero attached hydrogens (tertiary/aromatic N) is 1. The second-order valence-electron chi connectivity index (χ2n) is 6.10. The Morgan fingerprint density at radius 1 is 1.05 bits per heavy atom. The van der Waals surface area contributed by atoms with E-state index in [0.29, 0.717) is 6.42 Å². The summed E-state index contributed by atoms with van der Waals surface area (Å²) in [5.41, 5.74) is 0. The van der Waals surface area contributed by atoms with Gasteiger partial charge in [-0.1, -0.05) is 12.2 Å². The zero-order valence-electron chi connectivity index (χ0n) is 10.4. The molecule has 0 aromatic carbocycles. The number of carbonyl (C=O) groups is 2. The van der Waals surface area contributed by atoms with Crippen molar-refractivity contribution in [3.63, 3.8) is 0 Å². The third-order valence-electron chi connectivity index (χ3n) is 5.08. The predicted octanol–water partition coefficient (Wildman–Crippen LogP) is -0.0194. The highest BCUT2D eigenvalue weighted by Gasteiger charge is 2.60. The summed E-state index contributed by atoms with van der Waals surface area (Å²) in [6.07, 6.45) is 5.41. The largest absolute Gasteiger partial charge is 0.278 e. The van der Waals surface area contributed by atoms with E-state index in [0.717, 1.165) is 6.42 Å². The molecule has 0 aromatic heterocycles. The Morgan fingerprint density at radius 2 is 1.63 bits per heavy atom. The van der Waals surface area contributed by atoms with Crippen molar-refractivity contribution in [3.05, 3.63) is 12.2 Å². The lowest BCUT2D eigenvalue weighted by molar-refractivity contribution is -0.142. The van der Waals surface area contributed by atoms with E-state index in [1.165, 1.54) is 4.90 Å². The van der Waals surface area contributed by atoms with Crippen molar-refractivity contribution >= 4 is 21.7 Å². The molecule has 2 aliphatic carbocycles. The number of rotatable bonds is 1. The van der Waals surface area contributed by atoms with E-state index < -0.39 is 15.9 Å². The van der Waals surface area contributed by atoms with Gasteiger partial charge in [0.05, 0.1) is 29.4 Å². The molecule has 0 unspecified atom stereocenters. The summed E-state index contributed by atoms with van der Waals surface area (Å²) in [6.45, 7) is 0. The van der Waals surface area contributed by atoms with Crippen LogP contribution in [0.15, 0.2) is 12.2 Å². The SMILES string of the molecule is O=C1[C@H]2[C@H](C(=O)N1[C@@H]1CCS(=O)(=O)C1)[C@H]1C=C[C@H]2C1. The number of sulfone groups is 1. The number of fused-ring (bicyclic) bond motifs is 5. The molecule has 3 fully saturated rings. The van der Waals surface area contributed by atoms with Gasteiger partial charge in [-0.05, 0) is 24.7 Å². The topological polar surface area (TPSA) is 71.5 Å². The van der Waals surface area contributed by atoms with E-state index >= 15 is 0 Å². The van der Waals surface area contributed by atoms with Crippen LogP contribution < -0.4 is 0 Å². The van der Waals surface area contributed by atoms with Crippen LogP contribution in [0.25, 0.3) is 0 Å². The molecule has 2 heterocycles. The van der Waals surface area contributed by atoms with E-state index in [9.17, 15) is 18.0 Å². The molecule has 0 spiro atoms. The molecule has 5 nitrogen and oxygen atoms in total. The molecule has 2 saturated heterocycles. The van der Waals surface area contributed by atoms with Crippen molar-refractivity contribution in [1.82, 2.24) is 4.90 Å². The number of imide groups is 1. The molecule has 0 N–H and O–H groups in total. The van der Waals surface area contributed by atoms with Crippen molar-refractivity contribution in [2.75, 3.05) is 11.5 Å². The Bertz CT molecular complexity index is 578. The van der Waals surface area contributed by atoms with E-state index in [-0.39, 0.29) is 47.0 Å². The van der Waals surface area contributed by atoms with Crippen LogP contribution in [0.2, 0.25) is 0 Å². The van der Waals surface area contributed by atoms with Gasteiger partial charge < -0.3 is 0 Å². The normalized spacial score (nSPS) is 46.3. The van der Waals surface area contributed by atoms with Gasteiger partial charge in [0.25, 0.3) is 0 Å². The second-order valence-corrected chi connectivity index (χ2v) is 8.33. The summed E-state index contributed by atoms with van der Waals surface area (Å²) in [4.78, 5) is 26.2. The van der Waals surface area contributed by atoms with Gasteiger partial charge in [-0.2, -0.15) is 0 Å². The lowest BCUT2D eigenvalue weighted by atomic mass is 9.85. The molecule has 4 aliphatic rings. The van der Waals surface area contributed by atoms with E-state index in [1.807, 2.05) is 12.2 Å². The minimum Gasteiger partial charge on any atom is -0.278 e. The number of likely N-dealkylation sites (tertiary alicyclic amines) is 1. The highest BCUT2D eigenvalue weighted by molar-refractivity contribution is 7.91. The number of hydrogen-bond acceptors (Lipinski definition) is 4. The zero-order valence-corrected chi connectivity index (χ0v) is 11.2. The molecule has 19 heavy (non-hydrogen) atoms. The Kier molecular flexibility index (Phi) is 2.13. The molecule has 2 bridgehead atoms. The lowest BCUT2D eigenvalue weighted by Crippen LogP contribution is -2.42. The van der Waals surface area contributed by atoms with Gasteiger partial charge in [-0.3, -0.25) is 14.5 Å². The summed E-state index contributed by atoms with van der Waals surface area (Å²) in [7, 11) is -3.08. The standard InChI is InChI=1S/C13H15NO4S/c15-12-10-7-1-2-8(5-7)11(10)13(16)14(12)9-3-4-19(17,18)6-9/h1-2,7-11H,3-6H2/t7-,8-,9+,10+,11+/m0/s1. The zero-order chi connectivity index (χ0) is 13.4. The van der Waals surface area contributed by atoms with Crippen molar-refractivity contribution in [3.8, 4) is 0 Å². The van der Waals surface area contributed by atoms with Crippen molar-refractivity contribution < 1.29 is 18.0 Å². The van der Waals surface area contributed by atoms with Crippen LogP contribution in [0, 0.1) is 23.7 Å². The summed E-state index contributed by atoms with van der Waals surface area (Å²) in [5.74, 6) is -0.273. The first-order valence-electron chi connectivity index (χ1n) is 6.73. The molecule has 0 radical (unpaired) electrons. The van der Waals surface area contributed by atoms with Gasteiger partial charge >= 0.3 is 0 Å². The van der Waals surface area contributed by atoms with Crippen molar-refractivity contribution in [1.29, 1.82) is 0 Å². The quantitative estimate of drug-likeness (QED) is 0.500. The summed E-state index contributed by atoms with van der Waals surface area (Å²) < 4.78 is 23.1. The molecule has 2 amide bonds. The summed E-state index contributed by atoms with van der Waals surface area (Å²) in [6, 6.07) is -0.421. The first kappa shape index (κ1) is 11.6. The highest BCUT2D eigenvalue weighted by atomic mass is 32.2. The predicted molar refractivity (Wildman–Crippen MR) is 66.6 cm³/mol.